The van der Waals surface area contributed by atoms with Crippen molar-refractivity contribution in [1.29, 1.82) is 0 Å². The summed E-state index contributed by atoms with van der Waals surface area (Å²) in [6.45, 7) is 4.95. The lowest BCUT2D eigenvalue weighted by atomic mass is 10.1. The number of nitrogens with one attached hydrogen (secondary N) is 1. The minimum Gasteiger partial charge on any atom is -0.354 e. The molecular weight excluding hydrogens is 481 g/mol. The van der Waals surface area contributed by atoms with Gasteiger partial charge < -0.3 is 10.2 Å². The first-order valence-electron chi connectivity index (χ1n) is 12.5. The molecule has 0 bridgehead atoms. The quantitative estimate of drug-likeness (QED) is 0.359. The van der Waals surface area contributed by atoms with Crippen molar-refractivity contribution in [3.05, 3.63) is 66.0 Å². The van der Waals surface area contributed by atoms with Gasteiger partial charge in [0.2, 0.25) is 21.8 Å². The van der Waals surface area contributed by atoms with E-state index in [1.54, 1.807) is 4.90 Å². The first-order valence-corrected chi connectivity index (χ1v) is 14.4. The fraction of sp³-hybridized carbons (Fsp3) is 0.481. The lowest BCUT2D eigenvalue weighted by Crippen LogP contribution is -2.50. The van der Waals surface area contributed by atoms with Crippen molar-refractivity contribution in [1.82, 2.24) is 10.2 Å². The van der Waals surface area contributed by atoms with E-state index in [4.69, 9.17) is 0 Å². The lowest BCUT2D eigenvalue weighted by Gasteiger charge is -2.31. The van der Waals surface area contributed by atoms with Gasteiger partial charge >= 0.3 is 0 Å². The maximum Gasteiger partial charge on any atom is 0.242 e. The van der Waals surface area contributed by atoms with Crippen molar-refractivity contribution in [2.24, 2.45) is 0 Å². The second-order valence-corrected chi connectivity index (χ2v) is 10.7. The third kappa shape index (κ3) is 9.26. The summed E-state index contributed by atoms with van der Waals surface area (Å²) in [4.78, 5) is 27.9. The van der Waals surface area contributed by atoms with Gasteiger partial charge in [-0.3, -0.25) is 13.9 Å². The van der Waals surface area contributed by atoms with Crippen LogP contribution in [0.4, 0.5) is 10.1 Å². The summed E-state index contributed by atoms with van der Waals surface area (Å²) >= 11 is 0. The molecule has 9 heteroatoms. The van der Waals surface area contributed by atoms with Crippen LogP contribution in [-0.4, -0.2) is 57.1 Å². The SMILES string of the molecule is CCCCNC(=O)[C@H](CC)N(CCc1ccccc1)C(=O)CCCN(c1ccc(F)cc1)S(C)(=O)=O. The smallest absolute Gasteiger partial charge is 0.242 e. The summed E-state index contributed by atoms with van der Waals surface area (Å²) in [6.07, 6.45) is 4.33. The maximum absolute atomic E-state index is 13.3. The van der Waals surface area contributed by atoms with Crippen molar-refractivity contribution in [2.75, 3.05) is 30.2 Å². The van der Waals surface area contributed by atoms with Gasteiger partial charge in [-0.15, -0.1) is 0 Å². The predicted octanol–water partition coefficient (Wildman–Crippen LogP) is 4.14. The highest BCUT2D eigenvalue weighted by molar-refractivity contribution is 7.92. The largest absolute Gasteiger partial charge is 0.354 e. The van der Waals surface area contributed by atoms with Crippen molar-refractivity contribution in [2.45, 2.75) is 58.4 Å². The number of carbonyl (C=O) groups excluding carboxylic acids is 2. The van der Waals surface area contributed by atoms with Crippen molar-refractivity contribution < 1.29 is 22.4 Å². The van der Waals surface area contributed by atoms with Crippen LogP contribution in [0.25, 0.3) is 0 Å². The molecule has 1 atom stereocenters. The number of sulfonamides is 1. The third-order valence-electron chi connectivity index (χ3n) is 5.97. The summed E-state index contributed by atoms with van der Waals surface area (Å²) in [7, 11) is -3.62. The Kier molecular flexibility index (Phi) is 11.9. The molecule has 0 saturated carbocycles. The summed E-state index contributed by atoms with van der Waals surface area (Å²) < 4.78 is 39.2. The molecule has 0 aliphatic carbocycles. The number of nitrogens with zero attached hydrogens (tertiary/aromatic N) is 2. The Balaban J connectivity index is 2.12. The van der Waals surface area contributed by atoms with E-state index >= 15 is 0 Å². The minimum atomic E-state index is -3.62. The van der Waals surface area contributed by atoms with E-state index in [9.17, 15) is 22.4 Å². The molecule has 0 fully saturated rings. The van der Waals surface area contributed by atoms with Crippen LogP contribution < -0.4 is 9.62 Å². The number of hydrogen-bond acceptors (Lipinski definition) is 4. The molecule has 0 heterocycles. The highest BCUT2D eigenvalue weighted by atomic mass is 32.2. The molecule has 36 heavy (non-hydrogen) atoms. The molecule has 0 aliphatic rings. The molecule has 2 aromatic carbocycles. The highest BCUT2D eigenvalue weighted by Crippen LogP contribution is 2.19. The molecule has 0 aromatic heterocycles. The first kappa shape index (κ1) is 29.3. The molecule has 198 valence electrons. The molecule has 1 N–H and O–H groups in total. The lowest BCUT2D eigenvalue weighted by molar-refractivity contribution is -0.140. The van der Waals surface area contributed by atoms with E-state index < -0.39 is 21.9 Å². The Morgan fingerprint density at radius 1 is 0.972 bits per heavy atom. The molecular formula is C27H38FN3O4S. The van der Waals surface area contributed by atoms with Crippen LogP contribution in [0.2, 0.25) is 0 Å². The van der Waals surface area contributed by atoms with Gasteiger partial charge in [0, 0.05) is 26.1 Å². The molecule has 0 spiro atoms. The van der Waals surface area contributed by atoms with Crippen LogP contribution in [0, 0.1) is 5.82 Å². The Labute approximate surface area is 214 Å². The van der Waals surface area contributed by atoms with Crippen LogP contribution in [0.15, 0.2) is 54.6 Å². The zero-order chi connectivity index (χ0) is 26.6. The van der Waals surface area contributed by atoms with Gasteiger partial charge in [-0.2, -0.15) is 0 Å². The summed E-state index contributed by atoms with van der Waals surface area (Å²) in [5, 5.41) is 2.94. The van der Waals surface area contributed by atoms with Gasteiger partial charge in [-0.05, 0) is 55.5 Å². The molecule has 0 unspecified atom stereocenters. The Morgan fingerprint density at radius 2 is 1.64 bits per heavy atom. The third-order valence-corrected chi connectivity index (χ3v) is 7.16. The molecule has 0 radical (unpaired) electrons. The molecule has 0 saturated heterocycles. The zero-order valence-corrected chi connectivity index (χ0v) is 22.3. The predicted molar refractivity (Wildman–Crippen MR) is 142 cm³/mol. The normalized spacial score (nSPS) is 12.1. The van der Waals surface area contributed by atoms with E-state index in [2.05, 4.69) is 5.32 Å². The monoisotopic (exact) mass is 519 g/mol. The van der Waals surface area contributed by atoms with E-state index in [1.807, 2.05) is 44.2 Å². The number of rotatable bonds is 15. The number of unbranched alkanes of at least 4 members (excludes halogenated alkanes) is 1. The van der Waals surface area contributed by atoms with Crippen LogP contribution >= 0.6 is 0 Å². The Hall–Kier alpha value is -2.94. The maximum atomic E-state index is 13.3. The number of halogens is 1. The van der Waals surface area contributed by atoms with E-state index in [1.165, 1.54) is 28.6 Å². The van der Waals surface area contributed by atoms with Gasteiger partial charge in [-0.25, -0.2) is 12.8 Å². The topological polar surface area (TPSA) is 86.8 Å². The van der Waals surface area contributed by atoms with Gasteiger partial charge in [-0.1, -0.05) is 50.6 Å². The van der Waals surface area contributed by atoms with Crippen LogP contribution in [0.5, 0.6) is 0 Å². The summed E-state index contributed by atoms with van der Waals surface area (Å²) in [5.74, 6) is -0.827. The number of hydrogen-bond donors (Lipinski definition) is 1. The van der Waals surface area contributed by atoms with Crippen molar-refractivity contribution in [3.8, 4) is 0 Å². The number of carbonyl (C=O) groups is 2. The van der Waals surface area contributed by atoms with Gasteiger partial charge in [0.05, 0.1) is 11.9 Å². The average Bonchev–Trinajstić information content (AvgIpc) is 2.85. The first-order chi connectivity index (χ1) is 17.2. The Bertz CT molecular complexity index is 1060. The number of amides is 2. The van der Waals surface area contributed by atoms with E-state index in [0.29, 0.717) is 31.6 Å². The standard InChI is InChI=1S/C27H38FN3O4S/c1-4-6-19-29-27(33)25(5-2)30(21-18-22-11-8-7-9-12-22)26(32)13-10-20-31(36(3,34)35)24-16-14-23(28)15-17-24/h7-9,11-12,14-17,25H,4-6,10,13,18-21H2,1-3H3,(H,29,33)/t25-/m0/s1. The fourth-order valence-corrected chi connectivity index (χ4v) is 4.98. The van der Waals surface area contributed by atoms with Crippen LogP contribution in [0.3, 0.4) is 0 Å². The molecule has 0 aliphatic heterocycles. The fourth-order valence-electron chi connectivity index (χ4n) is 4.01. The van der Waals surface area contributed by atoms with Crippen LogP contribution in [0.1, 0.15) is 51.5 Å². The molecule has 2 rings (SSSR count). The summed E-state index contributed by atoms with van der Waals surface area (Å²) in [5.41, 5.74) is 1.41. The molecule has 2 aromatic rings. The van der Waals surface area contributed by atoms with Crippen molar-refractivity contribution >= 4 is 27.5 Å². The second-order valence-electron chi connectivity index (χ2n) is 8.81. The van der Waals surface area contributed by atoms with E-state index in [-0.39, 0.29) is 31.2 Å². The molecule has 2 amide bonds. The van der Waals surface area contributed by atoms with Crippen molar-refractivity contribution in [3.63, 3.8) is 0 Å². The van der Waals surface area contributed by atoms with Gasteiger partial charge in [0.25, 0.3) is 0 Å². The van der Waals surface area contributed by atoms with Crippen LogP contribution in [-0.2, 0) is 26.0 Å². The Morgan fingerprint density at radius 3 is 2.22 bits per heavy atom. The number of benzene rings is 2. The average molecular weight is 520 g/mol. The van der Waals surface area contributed by atoms with Gasteiger partial charge in [0.1, 0.15) is 11.9 Å². The molecule has 7 nitrogen and oxygen atoms in total. The second kappa shape index (κ2) is 14.6. The van der Waals surface area contributed by atoms with Gasteiger partial charge in [0.15, 0.2) is 0 Å². The summed E-state index contributed by atoms with van der Waals surface area (Å²) in [6, 6.07) is 14.4. The zero-order valence-electron chi connectivity index (χ0n) is 21.5. The van der Waals surface area contributed by atoms with E-state index in [0.717, 1.165) is 24.7 Å². The number of anilines is 1. The minimum absolute atomic E-state index is 0.0716. The highest BCUT2D eigenvalue weighted by Gasteiger charge is 2.28.